The maximum Gasteiger partial charge on any atom is 0.303 e. The van der Waals surface area contributed by atoms with Gasteiger partial charge in [0.1, 0.15) is 0 Å². The summed E-state index contributed by atoms with van der Waals surface area (Å²) in [6, 6.07) is -0.211. The zero-order valence-corrected chi connectivity index (χ0v) is 11.8. The Morgan fingerprint density at radius 2 is 2.14 bits per heavy atom. The molecule has 3 rings (SSSR count). The number of aromatic nitrogens is 2. The van der Waals surface area contributed by atoms with Gasteiger partial charge in [0, 0.05) is 32.5 Å². The summed E-state index contributed by atoms with van der Waals surface area (Å²) >= 11 is 0. The Hall–Kier alpha value is -1.89. The molecule has 1 aromatic heterocycles. The average molecular weight is 292 g/mol. The molecule has 0 aromatic carbocycles. The number of carboxylic acids is 1. The topological polar surface area (TPSA) is 98.3 Å². The molecule has 0 spiro atoms. The van der Waals surface area contributed by atoms with E-state index in [0.717, 1.165) is 24.2 Å². The fourth-order valence-corrected chi connectivity index (χ4v) is 3.17. The number of likely N-dealkylation sites (tertiary alicyclic amines) is 1. The fraction of sp³-hybridized carbons (Fsp3) is 0.643. The van der Waals surface area contributed by atoms with E-state index in [9.17, 15) is 9.59 Å². The van der Waals surface area contributed by atoms with E-state index < -0.39 is 5.97 Å². The number of rotatable bonds is 3. The number of carbonyl (C=O) groups is 2. The summed E-state index contributed by atoms with van der Waals surface area (Å²) in [5.41, 5.74) is 2.02. The highest BCUT2D eigenvalue weighted by atomic mass is 16.4. The number of hydrogen-bond acceptors (Lipinski definition) is 4. The second-order valence-corrected chi connectivity index (χ2v) is 5.83. The lowest BCUT2D eigenvalue weighted by Gasteiger charge is -2.34. The van der Waals surface area contributed by atoms with Crippen LogP contribution < -0.4 is 5.32 Å². The van der Waals surface area contributed by atoms with Crippen LogP contribution in [0.3, 0.4) is 0 Å². The van der Waals surface area contributed by atoms with E-state index in [1.54, 1.807) is 6.33 Å². The number of piperidine rings is 1. The number of amides is 1. The van der Waals surface area contributed by atoms with E-state index in [-0.39, 0.29) is 24.3 Å². The maximum atomic E-state index is 12.5. The number of imidazole rings is 1. The van der Waals surface area contributed by atoms with Crippen molar-refractivity contribution >= 4 is 11.9 Å². The van der Waals surface area contributed by atoms with Gasteiger partial charge >= 0.3 is 5.97 Å². The molecule has 1 saturated heterocycles. The Bertz CT molecular complexity index is 534. The Labute approximate surface area is 122 Å². The first-order chi connectivity index (χ1) is 10.1. The largest absolute Gasteiger partial charge is 0.481 e. The van der Waals surface area contributed by atoms with Crippen LogP contribution in [-0.4, -0.2) is 51.0 Å². The predicted molar refractivity (Wildman–Crippen MR) is 74.5 cm³/mol. The van der Waals surface area contributed by atoms with Gasteiger partial charge in [0.05, 0.1) is 23.8 Å². The van der Waals surface area contributed by atoms with Gasteiger partial charge in [0.2, 0.25) is 5.91 Å². The molecular weight excluding hydrogens is 272 g/mol. The zero-order chi connectivity index (χ0) is 14.8. The van der Waals surface area contributed by atoms with Crippen molar-refractivity contribution < 1.29 is 14.7 Å². The minimum atomic E-state index is -0.750. The minimum Gasteiger partial charge on any atom is -0.481 e. The Balaban J connectivity index is 1.54. The van der Waals surface area contributed by atoms with Crippen molar-refractivity contribution in [1.29, 1.82) is 0 Å². The van der Waals surface area contributed by atoms with E-state index in [1.165, 1.54) is 0 Å². The predicted octanol–water partition coefficient (Wildman–Crippen LogP) is 0.137. The second kappa shape index (κ2) is 5.85. The number of nitrogens with zero attached hydrogens (tertiary/aromatic N) is 2. The van der Waals surface area contributed by atoms with E-state index in [0.29, 0.717) is 26.1 Å². The van der Waals surface area contributed by atoms with Gasteiger partial charge in [-0.05, 0) is 18.8 Å². The molecule has 7 heteroatoms. The van der Waals surface area contributed by atoms with Crippen LogP contribution in [0.4, 0.5) is 0 Å². The van der Waals surface area contributed by atoms with Gasteiger partial charge < -0.3 is 15.0 Å². The average Bonchev–Trinajstić information content (AvgIpc) is 2.94. The Kier molecular flexibility index (Phi) is 3.92. The number of carboxylic acid groups (broad SMARTS) is 1. The van der Waals surface area contributed by atoms with Crippen molar-refractivity contribution in [1.82, 2.24) is 20.2 Å². The minimum absolute atomic E-state index is 0.109. The van der Waals surface area contributed by atoms with Crippen LogP contribution in [-0.2, 0) is 22.6 Å². The highest BCUT2D eigenvalue weighted by Crippen LogP contribution is 2.22. The summed E-state index contributed by atoms with van der Waals surface area (Å²) < 4.78 is 0. The molecule has 1 aromatic rings. The number of carbonyl (C=O) groups excluding carboxylic acids is 1. The lowest BCUT2D eigenvalue weighted by Crippen LogP contribution is -2.51. The fourth-order valence-electron chi connectivity index (χ4n) is 3.17. The quantitative estimate of drug-likeness (QED) is 0.736. The van der Waals surface area contributed by atoms with Crippen LogP contribution in [0.1, 0.15) is 30.7 Å². The number of aromatic amines is 1. The third-order valence-corrected chi connectivity index (χ3v) is 4.42. The first-order valence-electron chi connectivity index (χ1n) is 7.38. The highest BCUT2D eigenvalue weighted by Gasteiger charge is 2.31. The van der Waals surface area contributed by atoms with Gasteiger partial charge in [-0.15, -0.1) is 0 Å². The molecule has 1 fully saturated rings. The van der Waals surface area contributed by atoms with Gasteiger partial charge in [-0.1, -0.05) is 0 Å². The lowest BCUT2D eigenvalue weighted by molar-refractivity contribution is -0.139. The zero-order valence-electron chi connectivity index (χ0n) is 11.8. The van der Waals surface area contributed by atoms with Crippen molar-refractivity contribution in [3.05, 3.63) is 17.7 Å². The molecule has 3 N–H and O–H groups in total. The molecule has 0 aliphatic carbocycles. The van der Waals surface area contributed by atoms with Crippen LogP contribution in [0.15, 0.2) is 6.33 Å². The van der Waals surface area contributed by atoms with Crippen LogP contribution in [0, 0.1) is 5.92 Å². The first-order valence-corrected chi connectivity index (χ1v) is 7.38. The SMILES string of the molecule is O=C(O)CC1CCN(C(=O)C2Cc3nc[nH]c3CN2)CC1. The molecule has 21 heavy (non-hydrogen) atoms. The van der Waals surface area contributed by atoms with Gasteiger partial charge in [0.15, 0.2) is 0 Å². The molecule has 2 aliphatic heterocycles. The Morgan fingerprint density at radius 3 is 2.86 bits per heavy atom. The molecular formula is C14H20N4O3. The van der Waals surface area contributed by atoms with Crippen molar-refractivity contribution in [2.75, 3.05) is 13.1 Å². The molecule has 3 heterocycles. The Morgan fingerprint density at radius 1 is 1.38 bits per heavy atom. The number of aliphatic carboxylic acids is 1. The summed E-state index contributed by atoms with van der Waals surface area (Å²) in [7, 11) is 0. The first kappa shape index (κ1) is 14.1. The van der Waals surface area contributed by atoms with Crippen molar-refractivity contribution in [2.45, 2.75) is 38.3 Å². The van der Waals surface area contributed by atoms with Crippen LogP contribution >= 0.6 is 0 Å². The van der Waals surface area contributed by atoms with Crippen molar-refractivity contribution in [3.63, 3.8) is 0 Å². The third kappa shape index (κ3) is 3.07. The van der Waals surface area contributed by atoms with Crippen molar-refractivity contribution in [3.8, 4) is 0 Å². The monoisotopic (exact) mass is 292 g/mol. The number of nitrogens with one attached hydrogen (secondary N) is 2. The van der Waals surface area contributed by atoms with Gasteiger partial charge in [0.25, 0.3) is 0 Å². The number of hydrogen-bond donors (Lipinski definition) is 3. The summed E-state index contributed by atoms with van der Waals surface area (Å²) in [5, 5.41) is 12.1. The van der Waals surface area contributed by atoms with E-state index in [2.05, 4.69) is 15.3 Å². The molecule has 0 bridgehead atoms. The summed E-state index contributed by atoms with van der Waals surface area (Å²) in [6.45, 7) is 1.95. The molecule has 1 unspecified atom stereocenters. The lowest BCUT2D eigenvalue weighted by atomic mass is 9.93. The second-order valence-electron chi connectivity index (χ2n) is 5.83. The summed E-state index contributed by atoms with van der Waals surface area (Å²) in [5.74, 6) is -0.444. The maximum absolute atomic E-state index is 12.5. The molecule has 7 nitrogen and oxygen atoms in total. The van der Waals surface area contributed by atoms with Crippen molar-refractivity contribution in [2.24, 2.45) is 5.92 Å². The van der Waals surface area contributed by atoms with Gasteiger partial charge in [-0.3, -0.25) is 14.9 Å². The van der Waals surface area contributed by atoms with E-state index >= 15 is 0 Å². The van der Waals surface area contributed by atoms with Crippen LogP contribution in [0.2, 0.25) is 0 Å². The van der Waals surface area contributed by atoms with Gasteiger partial charge in [-0.2, -0.15) is 0 Å². The van der Waals surface area contributed by atoms with Gasteiger partial charge in [-0.25, -0.2) is 4.98 Å². The molecule has 1 amide bonds. The molecule has 0 saturated carbocycles. The smallest absolute Gasteiger partial charge is 0.303 e. The summed E-state index contributed by atoms with van der Waals surface area (Å²) in [4.78, 5) is 32.4. The molecule has 0 radical (unpaired) electrons. The number of fused-ring (bicyclic) bond motifs is 1. The van der Waals surface area contributed by atoms with Crippen LogP contribution in [0.25, 0.3) is 0 Å². The standard InChI is InChI=1S/C14H20N4O3/c19-13(20)5-9-1-3-18(4-2-9)14(21)11-6-10-12(7-15-11)17-8-16-10/h8-9,11,15H,1-7H2,(H,16,17)(H,19,20). The molecule has 2 aliphatic rings. The number of H-pyrrole nitrogens is 1. The molecule has 1 atom stereocenters. The van der Waals surface area contributed by atoms with Crippen LogP contribution in [0.5, 0.6) is 0 Å². The van der Waals surface area contributed by atoms with E-state index in [1.807, 2.05) is 4.90 Å². The summed E-state index contributed by atoms with van der Waals surface area (Å²) in [6.07, 6.45) is 4.04. The van der Waals surface area contributed by atoms with E-state index in [4.69, 9.17) is 5.11 Å². The highest BCUT2D eigenvalue weighted by molar-refractivity contribution is 5.82. The third-order valence-electron chi connectivity index (χ3n) is 4.42. The molecule has 114 valence electrons. The normalized spacial score (nSPS) is 22.9.